The molecule has 0 amide bonds. The lowest BCUT2D eigenvalue weighted by Gasteiger charge is -2.20. The molecule has 2 nitrogen and oxygen atoms in total. The molecule has 0 aromatic carbocycles. The van der Waals surface area contributed by atoms with Gasteiger partial charge in [0.1, 0.15) is 5.16 Å². The van der Waals surface area contributed by atoms with Crippen LogP contribution in [0.1, 0.15) is 27.7 Å². The number of halogens is 1. The zero-order valence-corrected chi connectivity index (χ0v) is 8.21. The van der Waals surface area contributed by atoms with Crippen molar-refractivity contribution < 1.29 is 0 Å². The van der Waals surface area contributed by atoms with Crippen LogP contribution in [0.3, 0.4) is 0 Å². The number of hydrogen-bond donors (Lipinski definition) is 2. The first-order valence-electron chi connectivity index (χ1n) is 3.52. The van der Waals surface area contributed by atoms with Gasteiger partial charge < -0.3 is 5.32 Å². The minimum Gasteiger partial charge on any atom is -0.338 e. The minimum absolute atomic E-state index is 0.0626. The van der Waals surface area contributed by atoms with Gasteiger partial charge in [-0.25, -0.2) is 0 Å². The molecule has 0 unspecified atom stereocenters. The Morgan fingerprint density at radius 3 is 2.18 bits per heavy atom. The highest BCUT2D eigenvalue weighted by atomic mass is 35.5. The number of allylic oxidation sites excluding steroid dienone is 1. The van der Waals surface area contributed by atoms with Gasteiger partial charge in [0.2, 0.25) is 0 Å². The van der Waals surface area contributed by atoms with E-state index < -0.39 is 0 Å². The van der Waals surface area contributed by atoms with Gasteiger partial charge in [-0.2, -0.15) is 0 Å². The summed E-state index contributed by atoms with van der Waals surface area (Å²) in [5, 5.41) is 9.96. The van der Waals surface area contributed by atoms with E-state index in [1.54, 1.807) is 0 Å². The molecule has 0 rings (SSSR count). The average molecular weight is 175 g/mol. The molecule has 3 heteroatoms. The highest BCUT2D eigenvalue weighted by Gasteiger charge is 2.15. The first kappa shape index (κ1) is 10.5. The normalized spacial score (nSPS) is 13.9. The van der Waals surface area contributed by atoms with Crippen molar-refractivity contribution in [2.24, 2.45) is 5.41 Å². The quantitative estimate of drug-likeness (QED) is 0.377. The first-order valence-corrected chi connectivity index (χ1v) is 3.89. The molecule has 0 aromatic heterocycles. The van der Waals surface area contributed by atoms with Crippen LogP contribution >= 0.6 is 11.6 Å². The first-order chi connectivity index (χ1) is 4.89. The van der Waals surface area contributed by atoms with Crippen LogP contribution in [0.4, 0.5) is 0 Å². The molecule has 0 heterocycles. The maximum atomic E-state index is 6.78. The number of rotatable bonds is 2. The van der Waals surface area contributed by atoms with Gasteiger partial charge in [-0.3, -0.25) is 5.41 Å². The third-order valence-electron chi connectivity index (χ3n) is 1.65. The van der Waals surface area contributed by atoms with Gasteiger partial charge in [0.15, 0.2) is 0 Å². The summed E-state index contributed by atoms with van der Waals surface area (Å²) < 4.78 is 0. The lowest BCUT2D eigenvalue weighted by molar-refractivity contribution is 0.500. The standard InChI is InChI=1S/C8H15ClN2/c1-6(8(2,3)4)7(9)11-5-10/h5H,1-4H3,(H2,10,11)/b7-6-. The molecular formula is C8H15ClN2. The predicted molar refractivity (Wildman–Crippen MR) is 49.9 cm³/mol. The van der Waals surface area contributed by atoms with E-state index in [2.05, 4.69) is 26.1 Å². The zero-order valence-electron chi connectivity index (χ0n) is 7.46. The van der Waals surface area contributed by atoms with Crippen LogP contribution in [-0.4, -0.2) is 6.34 Å². The van der Waals surface area contributed by atoms with Gasteiger partial charge >= 0.3 is 0 Å². The summed E-state index contributed by atoms with van der Waals surface area (Å²) in [6.07, 6.45) is 1.08. The van der Waals surface area contributed by atoms with E-state index >= 15 is 0 Å². The largest absolute Gasteiger partial charge is 0.338 e. The van der Waals surface area contributed by atoms with Crippen molar-refractivity contribution in [2.75, 3.05) is 0 Å². The Bertz CT molecular complexity index is 177. The smallest absolute Gasteiger partial charge is 0.106 e. The van der Waals surface area contributed by atoms with Crippen molar-refractivity contribution in [1.82, 2.24) is 5.32 Å². The Kier molecular flexibility index (Phi) is 3.59. The Balaban J connectivity index is 4.52. The van der Waals surface area contributed by atoms with Crippen LogP contribution in [0.5, 0.6) is 0 Å². The minimum atomic E-state index is 0.0626. The lowest BCUT2D eigenvalue weighted by Crippen LogP contribution is -2.15. The van der Waals surface area contributed by atoms with E-state index in [0.29, 0.717) is 5.16 Å². The van der Waals surface area contributed by atoms with E-state index in [-0.39, 0.29) is 5.41 Å². The van der Waals surface area contributed by atoms with Crippen molar-refractivity contribution in [2.45, 2.75) is 27.7 Å². The summed E-state index contributed by atoms with van der Waals surface area (Å²) in [7, 11) is 0. The van der Waals surface area contributed by atoms with E-state index in [9.17, 15) is 0 Å². The summed E-state index contributed by atoms with van der Waals surface area (Å²) in [4.78, 5) is 0. The molecule has 11 heavy (non-hydrogen) atoms. The molecule has 0 aliphatic carbocycles. The topological polar surface area (TPSA) is 35.9 Å². The van der Waals surface area contributed by atoms with Gasteiger partial charge in [-0.05, 0) is 17.9 Å². The molecule has 64 valence electrons. The van der Waals surface area contributed by atoms with Crippen molar-refractivity contribution >= 4 is 17.9 Å². The Morgan fingerprint density at radius 1 is 1.45 bits per heavy atom. The number of hydrogen-bond acceptors (Lipinski definition) is 1. The van der Waals surface area contributed by atoms with Crippen LogP contribution in [0, 0.1) is 10.8 Å². The van der Waals surface area contributed by atoms with Crippen LogP contribution < -0.4 is 5.32 Å². The van der Waals surface area contributed by atoms with Crippen LogP contribution in [0.2, 0.25) is 0 Å². The molecule has 0 aliphatic heterocycles. The second-order valence-electron chi connectivity index (χ2n) is 3.48. The summed E-state index contributed by atoms with van der Waals surface area (Å²) in [6.45, 7) is 8.20. The molecule has 0 bridgehead atoms. The van der Waals surface area contributed by atoms with E-state index in [4.69, 9.17) is 17.0 Å². The fraction of sp³-hybridized carbons (Fsp3) is 0.625. The van der Waals surface area contributed by atoms with Gasteiger partial charge in [-0.1, -0.05) is 32.4 Å². The SMILES string of the molecule is C/C(=C(\Cl)NC=N)C(C)(C)C. The monoisotopic (exact) mass is 174 g/mol. The van der Waals surface area contributed by atoms with Crippen LogP contribution in [0.25, 0.3) is 0 Å². The predicted octanol–water partition coefficient (Wildman–Crippen LogP) is 2.70. The maximum Gasteiger partial charge on any atom is 0.106 e. The Labute approximate surface area is 73.1 Å². The van der Waals surface area contributed by atoms with Crippen molar-refractivity contribution in [3.05, 3.63) is 10.7 Å². The van der Waals surface area contributed by atoms with Gasteiger partial charge in [0, 0.05) is 0 Å². The lowest BCUT2D eigenvalue weighted by atomic mass is 9.88. The highest BCUT2D eigenvalue weighted by molar-refractivity contribution is 6.30. The molecule has 0 atom stereocenters. The molecule has 0 spiro atoms. The summed E-state index contributed by atoms with van der Waals surface area (Å²) in [6, 6.07) is 0. The molecule has 0 fully saturated rings. The fourth-order valence-corrected chi connectivity index (χ4v) is 0.839. The number of nitrogens with one attached hydrogen (secondary N) is 2. The molecule has 0 saturated carbocycles. The summed E-state index contributed by atoms with van der Waals surface area (Å²) in [5.74, 6) is 0. The fourth-order valence-electron chi connectivity index (χ4n) is 0.501. The Morgan fingerprint density at radius 2 is 1.91 bits per heavy atom. The van der Waals surface area contributed by atoms with Gasteiger partial charge in [0.05, 0.1) is 6.34 Å². The summed E-state index contributed by atoms with van der Waals surface area (Å²) >= 11 is 5.83. The summed E-state index contributed by atoms with van der Waals surface area (Å²) in [5.41, 5.74) is 1.12. The highest BCUT2D eigenvalue weighted by Crippen LogP contribution is 2.27. The van der Waals surface area contributed by atoms with E-state index in [0.717, 1.165) is 11.9 Å². The van der Waals surface area contributed by atoms with Crippen molar-refractivity contribution in [3.63, 3.8) is 0 Å². The van der Waals surface area contributed by atoms with E-state index in [1.807, 2.05) is 6.92 Å². The van der Waals surface area contributed by atoms with Crippen LogP contribution in [0.15, 0.2) is 10.7 Å². The second-order valence-corrected chi connectivity index (χ2v) is 3.86. The van der Waals surface area contributed by atoms with Gasteiger partial charge in [0.25, 0.3) is 0 Å². The third-order valence-corrected chi connectivity index (χ3v) is 2.05. The second kappa shape index (κ2) is 3.77. The average Bonchev–Trinajstić information content (AvgIpc) is 1.85. The molecule has 2 N–H and O–H groups in total. The molecular weight excluding hydrogens is 160 g/mol. The molecule has 0 aliphatic rings. The van der Waals surface area contributed by atoms with Gasteiger partial charge in [-0.15, -0.1) is 0 Å². The van der Waals surface area contributed by atoms with E-state index in [1.165, 1.54) is 0 Å². The van der Waals surface area contributed by atoms with Crippen molar-refractivity contribution in [3.8, 4) is 0 Å². The van der Waals surface area contributed by atoms with Crippen molar-refractivity contribution in [1.29, 1.82) is 5.41 Å². The third kappa shape index (κ3) is 3.42. The Hall–Kier alpha value is -0.500. The zero-order chi connectivity index (χ0) is 9.07. The maximum absolute atomic E-state index is 6.78. The molecule has 0 aromatic rings. The molecule has 0 radical (unpaired) electrons. The van der Waals surface area contributed by atoms with Crippen LogP contribution in [-0.2, 0) is 0 Å². The molecule has 0 saturated heterocycles.